The minimum absolute atomic E-state index is 0.176. The molecule has 0 aliphatic heterocycles. The average molecular weight is 377 g/mol. The van der Waals surface area contributed by atoms with Crippen molar-refractivity contribution in [3.8, 4) is 5.82 Å². The van der Waals surface area contributed by atoms with Crippen LogP contribution in [0.4, 0.5) is 0 Å². The number of sulfonamides is 1. The molecule has 0 atom stereocenters. The Labute approximate surface area is 148 Å². The minimum atomic E-state index is -3.66. The van der Waals surface area contributed by atoms with E-state index in [4.69, 9.17) is 0 Å². The minimum Gasteiger partial charge on any atom is -0.351 e. The van der Waals surface area contributed by atoms with Gasteiger partial charge in [-0.25, -0.2) is 23.1 Å². The van der Waals surface area contributed by atoms with Crippen molar-refractivity contribution < 1.29 is 13.2 Å². The first kappa shape index (κ1) is 17.3. The van der Waals surface area contributed by atoms with Crippen molar-refractivity contribution in [1.29, 1.82) is 0 Å². The van der Waals surface area contributed by atoms with Crippen LogP contribution in [0.2, 0.25) is 0 Å². The molecule has 0 aliphatic carbocycles. The maximum atomic E-state index is 12.0. The topological polar surface area (TPSA) is 106 Å². The second-order valence-electron chi connectivity index (χ2n) is 4.99. The highest BCUT2D eigenvalue weighted by molar-refractivity contribution is 7.91. The fourth-order valence-electron chi connectivity index (χ4n) is 2.09. The fourth-order valence-corrected chi connectivity index (χ4v) is 4.11. The molecule has 0 bridgehead atoms. The van der Waals surface area contributed by atoms with Crippen LogP contribution in [0.15, 0.2) is 58.8 Å². The largest absolute Gasteiger partial charge is 0.351 e. The lowest BCUT2D eigenvalue weighted by Crippen LogP contribution is -2.36. The number of carbonyl (C=O) groups excluding carboxylic acids is 1. The van der Waals surface area contributed by atoms with Gasteiger partial charge < -0.3 is 5.32 Å². The van der Waals surface area contributed by atoms with Crippen LogP contribution in [-0.2, 0) is 21.4 Å². The maximum absolute atomic E-state index is 12.0. The third kappa shape index (κ3) is 4.29. The first-order valence-electron chi connectivity index (χ1n) is 7.28. The van der Waals surface area contributed by atoms with Crippen molar-refractivity contribution in [3.05, 3.63) is 60.1 Å². The predicted octanol–water partition coefficient (Wildman–Crippen LogP) is 0.923. The lowest BCUT2D eigenvalue weighted by Gasteiger charge is -2.10. The van der Waals surface area contributed by atoms with E-state index in [0.29, 0.717) is 5.82 Å². The molecule has 0 aliphatic rings. The van der Waals surface area contributed by atoms with E-state index in [1.165, 1.54) is 6.07 Å². The van der Waals surface area contributed by atoms with Gasteiger partial charge in [0.2, 0.25) is 5.91 Å². The summed E-state index contributed by atoms with van der Waals surface area (Å²) < 4.78 is 28.2. The van der Waals surface area contributed by atoms with Gasteiger partial charge in [-0.1, -0.05) is 12.1 Å². The molecule has 3 aromatic heterocycles. The quantitative estimate of drug-likeness (QED) is 0.637. The predicted molar refractivity (Wildman–Crippen MR) is 92.7 cm³/mol. The van der Waals surface area contributed by atoms with Crippen LogP contribution in [0.3, 0.4) is 0 Å². The summed E-state index contributed by atoms with van der Waals surface area (Å²) in [4.78, 5) is 20.2. The molecule has 2 N–H and O–H groups in total. The monoisotopic (exact) mass is 377 g/mol. The van der Waals surface area contributed by atoms with E-state index in [2.05, 4.69) is 20.0 Å². The van der Waals surface area contributed by atoms with Crippen LogP contribution in [-0.4, -0.2) is 35.4 Å². The number of hydrogen-bond acceptors (Lipinski definition) is 6. The van der Waals surface area contributed by atoms with E-state index in [1.54, 1.807) is 47.0 Å². The molecular weight excluding hydrogens is 362 g/mol. The van der Waals surface area contributed by atoms with Crippen LogP contribution in [0.1, 0.15) is 5.56 Å². The molecule has 130 valence electrons. The molecule has 0 aromatic carbocycles. The number of imidazole rings is 1. The van der Waals surface area contributed by atoms with Gasteiger partial charge in [0.15, 0.2) is 0 Å². The normalized spacial score (nSPS) is 11.4. The smallest absolute Gasteiger partial charge is 0.250 e. The molecule has 1 amide bonds. The number of aromatic nitrogens is 3. The molecule has 0 spiro atoms. The van der Waals surface area contributed by atoms with Gasteiger partial charge in [-0.05, 0) is 17.5 Å². The zero-order valence-electron chi connectivity index (χ0n) is 13.0. The number of rotatable bonds is 7. The highest BCUT2D eigenvalue weighted by Gasteiger charge is 2.16. The first-order chi connectivity index (χ1) is 12.1. The van der Waals surface area contributed by atoms with Crippen molar-refractivity contribution in [2.24, 2.45) is 0 Å². The number of pyridine rings is 1. The maximum Gasteiger partial charge on any atom is 0.250 e. The van der Waals surface area contributed by atoms with Crippen LogP contribution in [0, 0.1) is 0 Å². The zero-order valence-corrected chi connectivity index (χ0v) is 14.6. The SMILES string of the molecule is O=C(CNS(=O)(=O)c1cccs1)NCc1cccnc1-n1ccnc1. The molecule has 0 unspecified atom stereocenters. The standard InChI is InChI=1S/C15H15N5O3S2/c21-13(10-19-25(22,23)14-4-2-8-24-14)18-9-12-3-1-5-17-15(12)20-7-6-16-11-20/h1-8,11,19H,9-10H2,(H,18,21). The summed E-state index contributed by atoms with van der Waals surface area (Å²) in [5.74, 6) is 0.222. The summed E-state index contributed by atoms with van der Waals surface area (Å²) in [7, 11) is -3.66. The van der Waals surface area contributed by atoms with Gasteiger partial charge in [0.05, 0.1) is 6.54 Å². The van der Waals surface area contributed by atoms with E-state index < -0.39 is 15.9 Å². The van der Waals surface area contributed by atoms with E-state index in [1.807, 2.05) is 6.07 Å². The molecule has 25 heavy (non-hydrogen) atoms. The molecule has 10 heteroatoms. The molecule has 0 fully saturated rings. The first-order valence-corrected chi connectivity index (χ1v) is 9.64. The van der Waals surface area contributed by atoms with Crippen LogP contribution >= 0.6 is 11.3 Å². The van der Waals surface area contributed by atoms with Gasteiger partial charge in [0, 0.05) is 30.7 Å². The van der Waals surface area contributed by atoms with Crippen LogP contribution < -0.4 is 10.0 Å². The van der Waals surface area contributed by atoms with Crippen molar-refractivity contribution in [3.63, 3.8) is 0 Å². The summed E-state index contributed by atoms with van der Waals surface area (Å²) in [6, 6.07) is 6.72. The van der Waals surface area contributed by atoms with Gasteiger partial charge in [-0.2, -0.15) is 0 Å². The Morgan fingerprint density at radius 1 is 1.24 bits per heavy atom. The van der Waals surface area contributed by atoms with Crippen molar-refractivity contribution >= 4 is 27.3 Å². The molecule has 0 radical (unpaired) electrons. The molecule has 3 rings (SSSR count). The summed E-state index contributed by atoms with van der Waals surface area (Å²) in [5, 5.41) is 4.34. The summed E-state index contributed by atoms with van der Waals surface area (Å²) in [6.45, 7) is -0.109. The zero-order chi connectivity index (χ0) is 17.7. The Hall–Kier alpha value is -2.56. The highest BCUT2D eigenvalue weighted by Crippen LogP contribution is 2.15. The Balaban J connectivity index is 1.59. The van der Waals surface area contributed by atoms with E-state index >= 15 is 0 Å². The van der Waals surface area contributed by atoms with Crippen LogP contribution in [0.5, 0.6) is 0 Å². The third-order valence-corrected chi connectivity index (χ3v) is 6.07. The van der Waals surface area contributed by atoms with Gasteiger partial charge in [-0.15, -0.1) is 11.3 Å². The average Bonchev–Trinajstić information content (AvgIpc) is 3.32. The summed E-state index contributed by atoms with van der Waals surface area (Å²) in [6.07, 6.45) is 6.65. The third-order valence-electron chi connectivity index (χ3n) is 3.28. The molecule has 3 heterocycles. The van der Waals surface area contributed by atoms with Gasteiger partial charge >= 0.3 is 0 Å². The molecular formula is C15H15N5O3S2. The number of amides is 1. The molecule has 8 nitrogen and oxygen atoms in total. The Morgan fingerprint density at radius 3 is 2.84 bits per heavy atom. The number of hydrogen-bond donors (Lipinski definition) is 2. The highest BCUT2D eigenvalue weighted by atomic mass is 32.2. The second kappa shape index (κ2) is 7.55. The van der Waals surface area contributed by atoms with E-state index in [-0.39, 0.29) is 17.3 Å². The summed E-state index contributed by atoms with van der Waals surface area (Å²) >= 11 is 1.09. The molecule has 0 saturated heterocycles. The van der Waals surface area contributed by atoms with Crippen LogP contribution in [0.25, 0.3) is 5.82 Å². The number of thiophene rings is 1. The van der Waals surface area contributed by atoms with Gasteiger partial charge in [0.25, 0.3) is 10.0 Å². The van der Waals surface area contributed by atoms with Crippen molar-refractivity contribution in [2.45, 2.75) is 10.8 Å². The summed E-state index contributed by atoms with van der Waals surface area (Å²) in [5.41, 5.74) is 0.787. The number of nitrogens with zero attached hydrogens (tertiary/aromatic N) is 3. The lowest BCUT2D eigenvalue weighted by molar-refractivity contribution is -0.120. The Bertz CT molecular complexity index is 937. The molecule has 3 aromatic rings. The van der Waals surface area contributed by atoms with E-state index in [9.17, 15) is 13.2 Å². The lowest BCUT2D eigenvalue weighted by atomic mass is 10.2. The Morgan fingerprint density at radius 2 is 2.12 bits per heavy atom. The molecule has 0 saturated carbocycles. The second-order valence-corrected chi connectivity index (χ2v) is 7.93. The fraction of sp³-hybridized carbons (Fsp3) is 0.133. The Kier molecular flexibility index (Phi) is 5.22. The van der Waals surface area contributed by atoms with Crippen molar-refractivity contribution in [2.75, 3.05) is 6.54 Å². The van der Waals surface area contributed by atoms with Gasteiger partial charge in [0.1, 0.15) is 16.4 Å². The number of nitrogens with one attached hydrogen (secondary N) is 2. The van der Waals surface area contributed by atoms with Gasteiger partial charge in [-0.3, -0.25) is 9.36 Å². The van der Waals surface area contributed by atoms with Crippen molar-refractivity contribution in [1.82, 2.24) is 24.6 Å². The van der Waals surface area contributed by atoms with E-state index in [0.717, 1.165) is 16.9 Å². The number of carbonyl (C=O) groups is 1.